The molecule has 1 heterocycles. The van der Waals surface area contributed by atoms with E-state index < -0.39 is 0 Å². The van der Waals surface area contributed by atoms with Gasteiger partial charge in [0.15, 0.2) is 0 Å². The zero-order valence-electron chi connectivity index (χ0n) is 14.8. The highest BCUT2D eigenvalue weighted by atomic mass is 16.2. The minimum absolute atomic E-state index is 0.229. The zero-order valence-corrected chi connectivity index (χ0v) is 14.8. The number of nitrogens with zero attached hydrogens (tertiary/aromatic N) is 2. The van der Waals surface area contributed by atoms with Crippen molar-refractivity contribution < 1.29 is 4.79 Å². The molecule has 0 bridgehead atoms. The molecule has 1 amide bonds. The molecule has 0 aromatic heterocycles. The van der Waals surface area contributed by atoms with Crippen LogP contribution in [0, 0.1) is 5.92 Å². The van der Waals surface area contributed by atoms with Crippen LogP contribution in [0.4, 0.5) is 0 Å². The largest absolute Gasteiger partial charge is 0.343 e. The van der Waals surface area contributed by atoms with E-state index in [0.717, 1.165) is 26.1 Å². The first-order valence-electron chi connectivity index (χ1n) is 8.99. The molecule has 3 nitrogen and oxygen atoms in total. The number of hydrogen-bond donors (Lipinski definition) is 0. The molecule has 3 heteroatoms. The number of benzene rings is 1. The van der Waals surface area contributed by atoms with E-state index >= 15 is 0 Å². The van der Waals surface area contributed by atoms with Crippen LogP contribution in [0.5, 0.6) is 0 Å². The van der Waals surface area contributed by atoms with Crippen molar-refractivity contribution in [1.82, 2.24) is 9.80 Å². The van der Waals surface area contributed by atoms with Crippen LogP contribution in [-0.2, 0) is 10.2 Å². The maximum absolute atomic E-state index is 11.5. The summed E-state index contributed by atoms with van der Waals surface area (Å²) in [6.45, 7) is 7.12. The van der Waals surface area contributed by atoms with Gasteiger partial charge in [-0.2, -0.15) is 0 Å². The van der Waals surface area contributed by atoms with E-state index in [4.69, 9.17) is 0 Å². The van der Waals surface area contributed by atoms with Crippen molar-refractivity contribution >= 4 is 5.91 Å². The van der Waals surface area contributed by atoms with Gasteiger partial charge < -0.3 is 9.80 Å². The first-order chi connectivity index (χ1) is 11.0. The molecule has 1 aliphatic carbocycles. The molecule has 126 valence electrons. The molecule has 3 atom stereocenters. The number of rotatable bonds is 4. The monoisotopic (exact) mass is 314 g/mol. The summed E-state index contributed by atoms with van der Waals surface area (Å²) in [6.07, 6.45) is 4.96. The lowest BCUT2D eigenvalue weighted by atomic mass is 9.81. The van der Waals surface area contributed by atoms with Crippen molar-refractivity contribution in [2.75, 3.05) is 26.7 Å². The molecule has 23 heavy (non-hydrogen) atoms. The van der Waals surface area contributed by atoms with Crippen LogP contribution >= 0.6 is 0 Å². The molecule has 2 aliphatic rings. The van der Waals surface area contributed by atoms with Gasteiger partial charge in [0, 0.05) is 32.6 Å². The molecule has 1 saturated carbocycles. The SMILES string of the molecule is CC(=O)N1CC[C@H](CN(C)[C@H]2CC[C@@](C)(c3ccccc3)C2)C1. The third-order valence-corrected chi connectivity index (χ3v) is 6.09. The lowest BCUT2D eigenvalue weighted by Crippen LogP contribution is -2.36. The minimum Gasteiger partial charge on any atom is -0.343 e. The number of hydrogen-bond acceptors (Lipinski definition) is 2. The van der Waals surface area contributed by atoms with Crippen molar-refractivity contribution in [1.29, 1.82) is 0 Å². The zero-order chi connectivity index (χ0) is 16.4. The Morgan fingerprint density at radius 1 is 1.30 bits per heavy atom. The van der Waals surface area contributed by atoms with Crippen molar-refractivity contribution in [2.24, 2.45) is 5.92 Å². The smallest absolute Gasteiger partial charge is 0.219 e. The Kier molecular flexibility index (Phi) is 4.77. The maximum atomic E-state index is 11.5. The molecular weight excluding hydrogens is 284 g/mol. The van der Waals surface area contributed by atoms with Gasteiger partial charge in [-0.1, -0.05) is 37.3 Å². The molecule has 1 aromatic rings. The normalized spacial score (nSPS) is 31.0. The van der Waals surface area contributed by atoms with Gasteiger partial charge in [0.05, 0.1) is 0 Å². The Morgan fingerprint density at radius 2 is 2.04 bits per heavy atom. The summed E-state index contributed by atoms with van der Waals surface area (Å²) in [7, 11) is 2.28. The Morgan fingerprint density at radius 3 is 2.70 bits per heavy atom. The van der Waals surface area contributed by atoms with Crippen LogP contribution in [0.15, 0.2) is 30.3 Å². The second-order valence-corrected chi connectivity index (χ2v) is 7.88. The fraction of sp³-hybridized carbons (Fsp3) is 0.650. The van der Waals surface area contributed by atoms with Crippen LogP contribution in [0.3, 0.4) is 0 Å². The number of likely N-dealkylation sites (tertiary alicyclic amines) is 1. The molecule has 0 N–H and O–H groups in total. The van der Waals surface area contributed by atoms with Gasteiger partial charge in [0.25, 0.3) is 0 Å². The Hall–Kier alpha value is -1.35. The molecule has 0 unspecified atom stereocenters. The number of carbonyl (C=O) groups is 1. The minimum atomic E-state index is 0.229. The summed E-state index contributed by atoms with van der Waals surface area (Å²) in [5, 5.41) is 0. The van der Waals surface area contributed by atoms with Crippen molar-refractivity contribution in [3.8, 4) is 0 Å². The van der Waals surface area contributed by atoms with E-state index in [2.05, 4.69) is 49.2 Å². The third-order valence-electron chi connectivity index (χ3n) is 6.09. The van der Waals surface area contributed by atoms with Crippen LogP contribution in [0.1, 0.15) is 45.1 Å². The number of carbonyl (C=O) groups excluding carboxylic acids is 1. The van der Waals surface area contributed by atoms with Gasteiger partial charge in [0.2, 0.25) is 5.91 Å². The summed E-state index contributed by atoms with van der Waals surface area (Å²) in [5.74, 6) is 0.875. The molecular formula is C20H30N2O. The van der Waals surface area contributed by atoms with E-state index in [9.17, 15) is 4.79 Å². The van der Waals surface area contributed by atoms with Gasteiger partial charge >= 0.3 is 0 Å². The third kappa shape index (κ3) is 3.60. The highest BCUT2D eigenvalue weighted by Crippen LogP contribution is 2.42. The van der Waals surface area contributed by atoms with Crippen LogP contribution in [0.2, 0.25) is 0 Å². The fourth-order valence-corrected chi connectivity index (χ4v) is 4.51. The highest BCUT2D eigenvalue weighted by Gasteiger charge is 2.38. The lowest BCUT2D eigenvalue weighted by Gasteiger charge is -2.30. The summed E-state index contributed by atoms with van der Waals surface area (Å²) in [5.41, 5.74) is 1.81. The summed E-state index contributed by atoms with van der Waals surface area (Å²) in [6, 6.07) is 11.7. The van der Waals surface area contributed by atoms with Crippen molar-refractivity contribution in [2.45, 2.75) is 51.0 Å². The van der Waals surface area contributed by atoms with E-state index in [1.807, 2.05) is 4.90 Å². The first-order valence-corrected chi connectivity index (χ1v) is 8.99. The molecule has 1 aromatic carbocycles. The van der Waals surface area contributed by atoms with Crippen molar-refractivity contribution in [3.63, 3.8) is 0 Å². The van der Waals surface area contributed by atoms with Crippen LogP contribution in [-0.4, -0.2) is 48.4 Å². The van der Waals surface area contributed by atoms with Gasteiger partial charge in [-0.3, -0.25) is 4.79 Å². The topological polar surface area (TPSA) is 23.6 Å². The standard InChI is InChI=1S/C20H30N2O/c1-16(23)22-12-10-17(15-22)14-21(3)19-9-11-20(2,13-19)18-7-5-4-6-8-18/h4-8,17,19H,9-15H2,1-3H3/t17-,19+,20-/m1/s1. The fourth-order valence-electron chi connectivity index (χ4n) is 4.51. The first kappa shape index (κ1) is 16.5. The second kappa shape index (κ2) is 6.64. The quantitative estimate of drug-likeness (QED) is 0.851. The van der Waals surface area contributed by atoms with Gasteiger partial charge in [0.1, 0.15) is 0 Å². The second-order valence-electron chi connectivity index (χ2n) is 7.88. The summed E-state index contributed by atoms with van der Waals surface area (Å²) >= 11 is 0. The van der Waals surface area contributed by atoms with E-state index in [0.29, 0.717) is 17.4 Å². The molecule has 3 rings (SSSR count). The Labute approximate surface area is 140 Å². The lowest BCUT2D eigenvalue weighted by molar-refractivity contribution is -0.127. The maximum Gasteiger partial charge on any atom is 0.219 e. The molecule has 1 saturated heterocycles. The predicted octanol–water partition coefficient (Wildman–Crippen LogP) is 3.30. The van der Waals surface area contributed by atoms with Crippen molar-refractivity contribution in [3.05, 3.63) is 35.9 Å². The average molecular weight is 314 g/mol. The van der Waals surface area contributed by atoms with Gasteiger partial charge in [-0.05, 0) is 49.6 Å². The summed E-state index contributed by atoms with van der Waals surface area (Å²) in [4.78, 5) is 16.0. The van der Waals surface area contributed by atoms with Crippen LogP contribution < -0.4 is 0 Å². The summed E-state index contributed by atoms with van der Waals surface area (Å²) < 4.78 is 0. The van der Waals surface area contributed by atoms with E-state index in [1.165, 1.54) is 24.8 Å². The Balaban J connectivity index is 1.56. The van der Waals surface area contributed by atoms with E-state index in [-0.39, 0.29) is 5.91 Å². The van der Waals surface area contributed by atoms with Gasteiger partial charge in [-0.25, -0.2) is 0 Å². The average Bonchev–Trinajstić information content (AvgIpc) is 3.16. The molecule has 1 aliphatic heterocycles. The van der Waals surface area contributed by atoms with E-state index in [1.54, 1.807) is 6.92 Å². The molecule has 0 radical (unpaired) electrons. The Bertz CT molecular complexity index is 544. The van der Waals surface area contributed by atoms with Crippen LogP contribution in [0.25, 0.3) is 0 Å². The molecule has 2 fully saturated rings. The van der Waals surface area contributed by atoms with Gasteiger partial charge in [-0.15, -0.1) is 0 Å². The molecule has 0 spiro atoms. The highest BCUT2D eigenvalue weighted by molar-refractivity contribution is 5.73. The predicted molar refractivity (Wildman–Crippen MR) is 94.4 cm³/mol. The number of amides is 1.